The van der Waals surface area contributed by atoms with Gasteiger partial charge in [-0.05, 0) is 37.9 Å². The number of nitrogens with one attached hydrogen (secondary N) is 1. The van der Waals surface area contributed by atoms with E-state index in [-0.39, 0.29) is 0 Å². The fourth-order valence-corrected chi connectivity index (χ4v) is 2.99. The minimum absolute atomic E-state index is 0.568. The number of hydrogen-bond donors (Lipinski definition) is 1. The van der Waals surface area contributed by atoms with E-state index in [4.69, 9.17) is 4.74 Å². The van der Waals surface area contributed by atoms with Crippen LogP contribution < -0.4 is 10.1 Å². The van der Waals surface area contributed by atoms with Crippen LogP contribution >= 0.6 is 15.9 Å². The standard InChI is InChI=1S/C13H18BrNO/c1-9-5-6-11(16-2)12(13(9)14)10-4-3-7-15-8-10/h5-6,10,15H,3-4,7-8H2,1-2H3. The normalized spacial score (nSPS) is 20.8. The van der Waals surface area contributed by atoms with E-state index in [1.165, 1.54) is 28.4 Å². The second-order valence-electron chi connectivity index (χ2n) is 4.36. The van der Waals surface area contributed by atoms with Crippen molar-refractivity contribution in [3.63, 3.8) is 0 Å². The van der Waals surface area contributed by atoms with Crippen molar-refractivity contribution in [3.05, 3.63) is 27.7 Å². The minimum atomic E-state index is 0.568. The number of benzene rings is 1. The highest BCUT2D eigenvalue weighted by atomic mass is 79.9. The van der Waals surface area contributed by atoms with Crippen molar-refractivity contribution in [1.29, 1.82) is 0 Å². The third-order valence-corrected chi connectivity index (χ3v) is 4.31. The molecule has 0 spiro atoms. The molecule has 1 saturated heterocycles. The second-order valence-corrected chi connectivity index (χ2v) is 5.15. The Bertz CT molecular complexity index is 372. The van der Waals surface area contributed by atoms with Gasteiger partial charge in [0.15, 0.2) is 0 Å². The number of ether oxygens (including phenoxy) is 1. The predicted octanol–water partition coefficient (Wildman–Crippen LogP) is 3.23. The van der Waals surface area contributed by atoms with Gasteiger partial charge in [-0.25, -0.2) is 0 Å². The monoisotopic (exact) mass is 283 g/mol. The highest BCUT2D eigenvalue weighted by Crippen LogP contribution is 2.38. The van der Waals surface area contributed by atoms with Crippen molar-refractivity contribution in [2.75, 3.05) is 20.2 Å². The first-order valence-electron chi connectivity index (χ1n) is 5.77. The SMILES string of the molecule is COc1ccc(C)c(Br)c1C1CCCNC1. The molecule has 88 valence electrons. The maximum absolute atomic E-state index is 5.48. The third kappa shape index (κ3) is 2.25. The highest BCUT2D eigenvalue weighted by molar-refractivity contribution is 9.10. The van der Waals surface area contributed by atoms with Crippen LogP contribution in [0.2, 0.25) is 0 Å². The quantitative estimate of drug-likeness (QED) is 0.900. The lowest BCUT2D eigenvalue weighted by Crippen LogP contribution is -2.28. The van der Waals surface area contributed by atoms with Crippen LogP contribution in [0, 0.1) is 6.92 Å². The van der Waals surface area contributed by atoms with Gasteiger partial charge in [-0.2, -0.15) is 0 Å². The van der Waals surface area contributed by atoms with E-state index < -0.39 is 0 Å². The molecule has 1 atom stereocenters. The molecular weight excluding hydrogens is 266 g/mol. The second kappa shape index (κ2) is 5.19. The van der Waals surface area contributed by atoms with E-state index in [1.807, 2.05) is 0 Å². The fraction of sp³-hybridized carbons (Fsp3) is 0.538. The topological polar surface area (TPSA) is 21.3 Å². The van der Waals surface area contributed by atoms with Crippen molar-refractivity contribution in [3.8, 4) is 5.75 Å². The van der Waals surface area contributed by atoms with Crippen LogP contribution in [-0.2, 0) is 0 Å². The highest BCUT2D eigenvalue weighted by Gasteiger charge is 2.22. The number of methoxy groups -OCH3 is 1. The van der Waals surface area contributed by atoms with E-state index in [9.17, 15) is 0 Å². The number of halogens is 1. The molecular formula is C13H18BrNO. The van der Waals surface area contributed by atoms with E-state index in [2.05, 4.69) is 40.3 Å². The summed E-state index contributed by atoms with van der Waals surface area (Å²) >= 11 is 3.70. The molecule has 1 fully saturated rings. The number of piperidine rings is 1. The Morgan fingerprint density at radius 3 is 2.88 bits per heavy atom. The number of rotatable bonds is 2. The van der Waals surface area contributed by atoms with Gasteiger partial charge in [-0.15, -0.1) is 0 Å². The number of aryl methyl sites for hydroxylation is 1. The zero-order valence-electron chi connectivity index (χ0n) is 9.85. The lowest BCUT2D eigenvalue weighted by Gasteiger charge is -2.26. The van der Waals surface area contributed by atoms with Crippen molar-refractivity contribution in [2.45, 2.75) is 25.7 Å². The molecule has 2 nitrogen and oxygen atoms in total. The summed E-state index contributed by atoms with van der Waals surface area (Å²) in [6.45, 7) is 4.32. The van der Waals surface area contributed by atoms with Gasteiger partial charge >= 0.3 is 0 Å². The summed E-state index contributed by atoms with van der Waals surface area (Å²) < 4.78 is 6.69. The molecule has 16 heavy (non-hydrogen) atoms. The summed E-state index contributed by atoms with van der Waals surface area (Å²) in [4.78, 5) is 0. The molecule has 1 aliphatic heterocycles. The van der Waals surface area contributed by atoms with Crippen LogP contribution in [0.15, 0.2) is 16.6 Å². The molecule has 2 rings (SSSR count). The van der Waals surface area contributed by atoms with Gasteiger partial charge in [-0.3, -0.25) is 0 Å². The summed E-state index contributed by atoms with van der Waals surface area (Å²) in [6.07, 6.45) is 2.49. The lowest BCUT2D eigenvalue weighted by molar-refractivity contribution is 0.391. The van der Waals surface area contributed by atoms with Gasteiger partial charge in [0.25, 0.3) is 0 Å². The Morgan fingerprint density at radius 1 is 1.44 bits per heavy atom. The first kappa shape index (κ1) is 11.9. The molecule has 1 N–H and O–H groups in total. The summed E-state index contributed by atoms with van der Waals surface area (Å²) in [5, 5.41) is 3.45. The molecule has 1 aromatic rings. The van der Waals surface area contributed by atoms with Crippen molar-refractivity contribution < 1.29 is 4.74 Å². The first-order valence-corrected chi connectivity index (χ1v) is 6.57. The summed E-state index contributed by atoms with van der Waals surface area (Å²) in [5.74, 6) is 1.57. The molecule has 1 heterocycles. The Balaban J connectivity index is 2.39. The molecule has 0 amide bonds. The summed E-state index contributed by atoms with van der Waals surface area (Å²) in [7, 11) is 1.75. The largest absolute Gasteiger partial charge is 0.496 e. The first-order chi connectivity index (χ1) is 7.74. The molecule has 1 unspecified atom stereocenters. The number of hydrogen-bond acceptors (Lipinski definition) is 2. The van der Waals surface area contributed by atoms with Crippen LogP contribution in [0.25, 0.3) is 0 Å². The fourth-order valence-electron chi connectivity index (χ4n) is 2.34. The van der Waals surface area contributed by atoms with Crippen LogP contribution in [-0.4, -0.2) is 20.2 Å². The maximum Gasteiger partial charge on any atom is 0.123 e. The molecule has 1 aliphatic rings. The van der Waals surface area contributed by atoms with Gasteiger partial charge in [-0.1, -0.05) is 22.0 Å². The molecule has 0 radical (unpaired) electrons. The van der Waals surface area contributed by atoms with Gasteiger partial charge in [0.05, 0.1) is 7.11 Å². The Labute approximate surface area is 106 Å². The summed E-state index contributed by atoms with van der Waals surface area (Å²) in [6, 6.07) is 4.17. The van der Waals surface area contributed by atoms with E-state index in [0.29, 0.717) is 5.92 Å². The van der Waals surface area contributed by atoms with Crippen LogP contribution in [0.3, 0.4) is 0 Å². The van der Waals surface area contributed by atoms with Gasteiger partial charge < -0.3 is 10.1 Å². The lowest BCUT2D eigenvalue weighted by atomic mass is 9.90. The molecule has 0 saturated carbocycles. The summed E-state index contributed by atoms with van der Waals surface area (Å²) in [5.41, 5.74) is 2.61. The van der Waals surface area contributed by atoms with Crippen LogP contribution in [0.4, 0.5) is 0 Å². The van der Waals surface area contributed by atoms with Gasteiger partial charge in [0.2, 0.25) is 0 Å². The zero-order chi connectivity index (χ0) is 11.5. The van der Waals surface area contributed by atoms with Crippen molar-refractivity contribution in [1.82, 2.24) is 5.32 Å². The molecule has 0 bridgehead atoms. The average Bonchev–Trinajstić information content (AvgIpc) is 2.33. The molecule has 3 heteroatoms. The van der Waals surface area contributed by atoms with Crippen LogP contribution in [0.1, 0.15) is 29.9 Å². The van der Waals surface area contributed by atoms with E-state index in [0.717, 1.165) is 18.8 Å². The van der Waals surface area contributed by atoms with Crippen molar-refractivity contribution in [2.24, 2.45) is 0 Å². The Kier molecular flexibility index (Phi) is 3.87. The average molecular weight is 284 g/mol. The smallest absolute Gasteiger partial charge is 0.123 e. The predicted molar refractivity (Wildman–Crippen MR) is 70.3 cm³/mol. The zero-order valence-corrected chi connectivity index (χ0v) is 11.4. The third-order valence-electron chi connectivity index (χ3n) is 3.26. The van der Waals surface area contributed by atoms with Crippen LogP contribution in [0.5, 0.6) is 5.75 Å². The molecule has 0 aromatic heterocycles. The van der Waals surface area contributed by atoms with Gasteiger partial charge in [0.1, 0.15) is 5.75 Å². The Hall–Kier alpha value is -0.540. The van der Waals surface area contributed by atoms with Gasteiger partial charge in [0, 0.05) is 22.5 Å². The van der Waals surface area contributed by atoms with E-state index >= 15 is 0 Å². The molecule has 1 aromatic carbocycles. The Morgan fingerprint density at radius 2 is 2.25 bits per heavy atom. The maximum atomic E-state index is 5.48. The minimum Gasteiger partial charge on any atom is -0.496 e. The van der Waals surface area contributed by atoms with Crippen molar-refractivity contribution >= 4 is 15.9 Å². The van der Waals surface area contributed by atoms with E-state index in [1.54, 1.807) is 7.11 Å². The molecule has 0 aliphatic carbocycles.